The summed E-state index contributed by atoms with van der Waals surface area (Å²) in [4.78, 5) is 11.9. The average molecular weight is 281 g/mol. The minimum Gasteiger partial charge on any atom is -0.483 e. The van der Waals surface area contributed by atoms with Crippen LogP contribution in [0.25, 0.3) is 10.4 Å². The molecular weight excluding hydrogens is 258 g/mol. The van der Waals surface area contributed by atoms with Crippen LogP contribution in [0.1, 0.15) is 33.1 Å². The van der Waals surface area contributed by atoms with Gasteiger partial charge in [0.05, 0.1) is 14.2 Å². The molecule has 0 aliphatic carbocycles. The Balaban J connectivity index is 2.67. The van der Waals surface area contributed by atoms with Crippen molar-refractivity contribution in [3.05, 3.63) is 10.4 Å². The number of hydrogen-bond acceptors (Lipinski definition) is 5. The molecule has 7 nitrogen and oxygen atoms in total. The first-order valence-electron chi connectivity index (χ1n) is 6.88. The summed E-state index contributed by atoms with van der Waals surface area (Å²) < 4.78 is 10.7. The highest BCUT2D eigenvalue weighted by Crippen LogP contribution is 2.20. The maximum Gasteiger partial charge on any atom is 0.209 e. The number of rotatable bonds is 6. The Bertz CT molecular complexity index is 413. The molecule has 0 fully saturated rings. The molecule has 1 heterocycles. The lowest BCUT2D eigenvalue weighted by molar-refractivity contribution is 0.329. The highest BCUT2D eigenvalue weighted by molar-refractivity contribution is 5.94. The largest absolute Gasteiger partial charge is 0.483 e. The van der Waals surface area contributed by atoms with Crippen LogP contribution < -0.4 is 0 Å². The third kappa shape index (κ3) is 4.42. The summed E-state index contributed by atoms with van der Waals surface area (Å²) >= 11 is 0. The molecular formula is C13H23N5O2. The third-order valence-corrected chi connectivity index (χ3v) is 3.19. The Morgan fingerprint density at radius 2 is 1.90 bits per heavy atom. The van der Waals surface area contributed by atoms with Crippen molar-refractivity contribution in [2.45, 2.75) is 45.2 Å². The van der Waals surface area contributed by atoms with Gasteiger partial charge in [-0.25, -0.2) is 9.98 Å². The first-order chi connectivity index (χ1) is 9.63. The summed E-state index contributed by atoms with van der Waals surface area (Å²) in [6.07, 6.45) is 2.55. The van der Waals surface area contributed by atoms with Gasteiger partial charge in [0.2, 0.25) is 11.8 Å². The van der Waals surface area contributed by atoms with E-state index in [1.165, 1.54) is 0 Å². The van der Waals surface area contributed by atoms with E-state index >= 15 is 0 Å². The molecule has 0 aromatic rings. The Morgan fingerprint density at radius 1 is 1.20 bits per heavy atom. The zero-order valence-electron chi connectivity index (χ0n) is 12.6. The van der Waals surface area contributed by atoms with Gasteiger partial charge < -0.3 is 9.47 Å². The summed E-state index contributed by atoms with van der Waals surface area (Å²) in [7, 11) is 3.25. The molecule has 2 atom stereocenters. The zero-order chi connectivity index (χ0) is 15.0. The zero-order valence-corrected chi connectivity index (χ0v) is 12.6. The lowest BCUT2D eigenvalue weighted by Crippen LogP contribution is -2.37. The second-order valence-corrected chi connectivity index (χ2v) is 5.00. The fraction of sp³-hybridized carbons (Fsp3) is 0.846. The van der Waals surface area contributed by atoms with Crippen molar-refractivity contribution in [2.75, 3.05) is 20.8 Å². The van der Waals surface area contributed by atoms with E-state index in [0.29, 0.717) is 24.3 Å². The number of azide groups is 1. The lowest BCUT2D eigenvalue weighted by Gasteiger charge is -2.27. The maximum atomic E-state index is 8.22. The number of ether oxygens (including phenoxy) is 2. The van der Waals surface area contributed by atoms with Crippen molar-refractivity contribution < 1.29 is 9.47 Å². The standard InChI is InChI=1S/C13H23N5O2/c1-9(2)11-13(20-4)16-10(12(17-11)19-3)7-5-6-8-15-18-14/h9-11H,5-8H2,1-4H3. The molecule has 0 radical (unpaired) electrons. The number of unbranched alkanes of at least 4 members (excludes halogenated alkanes) is 1. The van der Waals surface area contributed by atoms with Crippen molar-refractivity contribution in [3.63, 3.8) is 0 Å². The van der Waals surface area contributed by atoms with Gasteiger partial charge in [-0.15, -0.1) is 0 Å². The van der Waals surface area contributed by atoms with Crippen LogP contribution in [0.2, 0.25) is 0 Å². The smallest absolute Gasteiger partial charge is 0.209 e. The average Bonchev–Trinajstić information content (AvgIpc) is 2.46. The molecule has 0 saturated carbocycles. The molecule has 7 heteroatoms. The normalized spacial score (nSPS) is 21.9. The summed E-state index contributed by atoms with van der Waals surface area (Å²) in [5, 5.41) is 3.52. The van der Waals surface area contributed by atoms with E-state index in [1.54, 1.807) is 14.2 Å². The minimum atomic E-state index is -0.101. The number of methoxy groups -OCH3 is 2. The van der Waals surface area contributed by atoms with Crippen LogP contribution in [0.5, 0.6) is 0 Å². The summed E-state index contributed by atoms with van der Waals surface area (Å²) in [5.41, 5.74) is 8.22. The molecule has 0 N–H and O–H groups in total. The van der Waals surface area contributed by atoms with Crippen molar-refractivity contribution in [1.29, 1.82) is 0 Å². The van der Waals surface area contributed by atoms with Gasteiger partial charge in [-0.3, -0.25) is 0 Å². The second kappa shape index (κ2) is 8.43. The van der Waals surface area contributed by atoms with Crippen molar-refractivity contribution >= 4 is 11.8 Å². The Hall–Kier alpha value is -1.75. The minimum absolute atomic E-state index is 0.0746. The van der Waals surface area contributed by atoms with E-state index in [4.69, 9.17) is 15.0 Å². The SMILES string of the molecule is COC1=NC(C(C)C)C(OC)=NC1CCCCN=[N+]=[N-]. The van der Waals surface area contributed by atoms with Crippen LogP contribution >= 0.6 is 0 Å². The molecule has 1 aliphatic heterocycles. The van der Waals surface area contributed by atoms with Crippen molar-refractivity contribution in [2.24, 2.45) is 21.0 Å². The summed E-state index contributed by atoms with van der Waals surface area (Å²) in [5.74, 6) is 1.64. The summed E-state index contributed by atoms with van der Waals surface area (Å²) in [6, 6.07) is -0.176. The molecule has 112 valence electrons. The van der Waals surface area contributed by atoms with Gasteiger partial charge in [-0.1, -0.05) is 25.4 Å². The molecule has 20 heavy (non-hydrogen) atoms. The molecule has 2 unspecified atom stereocenters. The monoisotopic (exact) mass is 281 g/mol. The van der Waals surface area contributed by atoms with Gasteiger partial charge in [-0.2, -0.15) is 0 Å². The van der Waals surface area contributed by atoms with Gasteiger partial charge in [0.25, 0.3) is 0 Å². The number of aliphatic imine (C=N–C) groups is 2. The van der Waals surface area contributed by atoms with Crippen LogP contribution in [0, 0.1) is 5.92 Å². The van der Waals surface area contributed by atoms with Gasteiger partial charge in [0.15, 0.2) is 0 Å². The molecule has 0 aromatic carbocycles. The van der Waals surface area contributed by atoms with E-state index in [2.05, 4.69) is 33.9 Å². The molecule has 1 rings (SSSR count). The van der Waals surface area contributed by atoms with Crippen LogP contribution in [-0.2, 0) is 9.47 Å². The van der Waals surface area contributed by atoms with Crippen molar-refractivity contribution in [1.82, 2.24) is 0 Å². The molecule has 0 aromatic heterocycles. The maximum absolute atomic E-state index is 8.22. The molecule has 0 amide bonds. The fourth-order valence-electron chi connectivity index (χ4n) is 2.11. The van der Waals surface area contributed by atoms with E-state index in [1.807, 2.05) is 0 Å². The van der Waals surface area contributed by atoms with Crippen LogP contribution in [-0.4, -0.2) is 44.6 Å². The van der Waals surface area contributed by atoms with E-state index < -0.39 is 0 Å². The van der Waals surface area contributed by atoms with Crippen LogP contribution in [0.3, 0.4) is 0 Å². The van der Waals surface area contributed by atoms with E-state index in [0.717, 1.165) is 19.3 Å². The van der Waals surface area contributed by atoms with Gasteiger partial charge in [0, 0.05) is 11.5 Å². The highest BCUT2D eigenvalue weighted by atomic mass is 16.5. The quantitative estimate of drug-likeness (QED) is 0.324. The Morgan fingerprint density at radius 3 is 2.45 bits per heavy atom. The molecule has 0 spiro atoms. The Kier molecular flexibility index (Phi) is 6.87. The highest BCUT2D eigenvalue weighted by Gasteiger charge is 2.30. The van der Waals surface area contributed by atoms with Crippen LogP contribution in [0.4, 0.5) is 0 Å². The van der Waals surface area contributed by atoms with Gasteiger partial charge in [0.1, 0.15) is 12.1 Å². The van der Waals surface area contributed by atoms with Crippen LogP contribution in [0.15, 0.2) is 15.1 Å². The number of hydrogen-bond donors (Lipinski definition) is 0. The molecule has 0 bridgehead atoms. The van der Waals surface area contributed by atoms with E-state index in [-0.39, 0.29) is 12.1 Å². The topological polar surface area (TPSA) is 91.9 Å². The van der Waals surface area contributed by atoms with Crippen molar-refractivity contribution in [3.8, 4) is 0 Å². The van der Waals surface area contributed by atoms with Gasteiger partial charge >= 0.3 is 0 Å². The fourth-order valence-corrected chi connectivity index (χ4v) is 2.11. The Labute approximate surface area is 119 Å². The molecule has 1 aliphatic rings. The molecule has 0 saturated heterocycles. The lowest BCUT2D eigenvalue weighted by atomic mass is 10.0. The van der Waals surface area contributed by atoms with E-state index in [9.17, 15) is 0 Å². The summed E-state index contributed by atoms with van der Waals surface area (Å²) in [6.45, 7) is 4.67. The van der Waals surface area contributed by atoms with Gasteiger partial charge in [-0.05, 0) is 24.3 Å². The predicted molar refractivity (Wildman–Crippen MR) is 79.2 cm³/mol. The third-order valence-electron chi connectivity index (χ3n) is 3.19. The first kappa shape index (κ1) is 16.3. The second-order valence-electron chi connectivity index (χ2n) is 5.00. The predicted octanol–water partition coefficient (Wildman–Crippen LogP) is 2.96. The number of nitrogens with zero attached hydrogens (tertiary/aromatic N) is 5. The first-order valence-corrected chi connectivity index (χ1v) is 6.88.